The van der Waals surface area contributed by atoms with Crippen molar-refractivity contribution in [2.75, 3.05) is 26.7 Å². The normalized spacial score (nSPS) is 21.2. The van der Waals surface area contributed by atoms with E-state index in [0.717, 1.165) is 30.8 Å². The molecule has 1 fully saturated rings. The zero-order valence-electron chi connectivity index (χ0n) is 13.5. The average Bonchev–Trinajstić information content (AvgIpc) is 3.16. The van der Waals surface area contributed by atoms with E-state index in [2.05, 4.69) is 22.0 Å². The number of hydrogen-bond acceptors (Lipinski definition) is 6. The first-order valence-corrected chi connectivity index (χ1v) is 7.51. The molecule has 2 heterocycles. The van der Waals surface area contributed by atoms with Gasteiger partial charge in [0.1, 0.15) is 5.75 Å². The summed E-state index contributed by atoms with van der Waals surface area (Å²) in [5.74, 6) is 2.06. The molecule has 23 heavy (non-hydrogen) atoms. The molecule has 6 nitrogen and oxygen atoms in total. The number of ether oxygens (including phenoxy) is 1. The van der Waals surface area contributed by atoms with Gasteiger partial charge in [-0.05, 0) is 49.2 Å². The molecule has 2 aromatic rings. The molecule has 2 N–H and O–H groups in total. The predicted molar refractivity (Wildman–Crippen MR) is 90.6 cm³/mol. The molecule has 0 spiro atoms. The van der Waals surface area contributed by atoms with Gasteiger partial charge < -0.3 is 15.0 Å². The largest absolute Gasteiger partial charge is 0.497 e. The minimum absolute atomic E-state index is 0. The minimum atomic E-state index is 0. The molecule has 7 heteroatoms. The van der Waals surface area contributed by atoms with Gasteiger partial charge in [0.25, 0.3) is 5.89 Å². The van der Waals surface area contributed by atoms with Crippen LogP contribution in [0.5, 0.6) is 5.75 Å². The van der Waals surface area contributed by atoms with Crippen molar-refractivity contribution in [3.8, 4) is 17.2 Å². The smallest absolute Gasteiger partial charge is 0.257 e. The number of hydrogen-bond donors (Lipinski definition) is 1. The number of halogens is 1. The Labute approximate surface area is 142 Å². The Bertz CT molecular complexity index is 631. The molecule has 1 aromatic carbocycles. The van der Waals surface area contributed by atoms with Gasteiger partial charge in [-0.15, -0.1) is 12.4 Å². The maximum absolute atomic E-state index is 5.84. The lowest BCUT2D eigenvalue weighted by atomic mass is 9.90. The first kappa shape index (κ1) is 17.7. The zero-order valence-corrected chi connectivity index (χ0v) is 14.3. The molecule has 1 aliphatic heterocycles. The first-order valence-electron chi connectivity index (χ1n) is 7.51. The van der Waals surface area contributed by atoms with Crippen LogP contribution in [0.3, 0.4) is 0 Å². The SMILES string of the molecule is COc1ccc(-c2nc(CN3CCC(C)(CN)C3)no2)cc1.Cl. The quantitative estimate of drug-likeness (QED) is 0.901. The van der Waals surface area contributed by atoms with Crippen LogP contribution in [0.15, 0.2) is 28.8 Å². The van der Waals surface area contributed by atoms with Crippen LogP contribution in [0.1, 0.15) is 19.2 Å². The van der Waals surface area contributed by atoms with Gasteiger partial charge in [0.05, 0.1) is 13.7 Å². The standard InChI is InChI=1S/C16H22N4O2.ClH/c1-16(10-17)7-8-20(11-16)9-14-18-15(22-19-14)12-3-5-13(21-2)6-4-12;/h3-6H,7-11,17H2,1-2H3;1H. The van der Waals surface area contributed by atoms with Crippen molar-refractivity contribution in [1.82, 2.24) is 15.0 Å². The Morgan fingerprint density at radius 1 is 1.35 bits per heavy atom. The Kier molecular flexibility index (Phi) is 5.62. The minimum Gasteiger partial charge on any atom is -0.497 e. The van der Waals surface area contributed by atoms with E-state index in [1.165, 1.54) is 0 Å². The van der Waals surface area contributed by atoms with E-state index in [4.69, 9.17) is 15.0 Å². The van der Waals surface area contributed by atoms with Crippen LogP contribution in [0.4, 0.5) is 0 Å². The molecule has 1 aromatic heterocycles. The molecule has 0 amide bonds. The van der Waals surface area contributed by atoms with Crippen LogP contribution < -0.4 is 10.5 Å². The number of benzene rings is 1. The van der Waals surface area contributed by atoms with Gasteiger partial charge in [0, 0.05) is 12.1 Å². The number of methoxy groups -OCH3 is 1. The van der Waals surface area contributed by atoms with Gasteiger partial charge in [-0.1, -0.05) is 12.1 Å². The van der Waals surface area contributed by atoms with E-state index in [1.54, 1.807) is 7.11 Å². The fourth-order valence-electron chi connectivity index (χ4n) is 2.80. The first-order chi connectivity index (χ1) is 10.6. The van der Waals surface area contributed by atoms with Crippen LogP contribution in [0.25, 0.3) is 11.5 Å². The van der Waals surface area contributed by atoms with E-state index < -0.39 is 0 Å². The summed E-state index contributed by atoms with van der Waals surface area (Å²) in [7, 11) is 1.64. The molecule has 0 aliphatic carbocycles. The van der Waals surface area contributed by atoms with Crippen molar-refractivity contribution < 1.29 is 9.26 Å². The molecule has 0 bridgehead atoms. The van der Waals surface area contributed by atoms with Gasteiger partial charge in [-0.3, -0.25) is 4.90 Å². The Morgan fingerprint density at radius 3 is 2.70 bits per heavy atom. The maximum atomic E-state index is 5.84. The van der Waals surface area contributed by atoms with Crippen LogP contribution in [-0.2, 0) is 6.54 Å². The van der Waals surface area contributed by atoms with Gasteiger partial charge >= 0.3 is 0 Å². The predicted octanol–water partition coefficient (Wildman–Crippen LogP) is 2.34. The van der Waals surface area contributed by atoms with E-state index in [1.807, 2.05) is 24.3 Å². The van der Waals surface area contributed by atoms with Crippen LogP contribution >= 0.6 is 12.4 Å². The molecular formula is C16H23ClN4O2. The third kappa shape index (κ3) is 4.02. The number of likely N-dealkylation sites (tertiary alicyclic amines) is 1. The number of aromatic nitrogens is 2. The summed E-state index contributed by atoms with van der Waals surface area (Å²) >= 11 is 0. The highest BCUT2D eigenvalue weighted by atomic mass is 35.5. The molecule has 1 atom stereocenters. The van der Waals surface area contributed by atoms with Crippen molar-refractivity contribution in [2.45, 2.75) is 19.9 Å². The molecule has 1 aliphatic rings. The second-order valence-electron chi connectivity index (χ2n) is 6.22. The van der Waals surface area contributed by atoms with E-state index in [-0.39, 0.29) is 17.8 Å². The third-order valence-electron chi connectivity index (χ3n) is 4.30. The molecule has 1 saturated heterocycles. The number of nitrogens with zero attached hydrogens (tertiary/aromatic N) is 3. The third-order valence-corrected chi connectivity index (χ3v) is 4.30. The van der Waals surface area contributed by atoms with E-state index >= 15 is 0 Å². The van der Waals surface area contributed by atoms with Crippen LogP contribution in [-0.4, -0.2) is 41.8 Å². The fraction of sp³-hybridized carbons (Fsp3) is 0.500. The lowest BCUT2D eigenvalue weighted by Gasteiger charge is -2.21. The van der Waals surface area contributed by atoms with Gasteiger partial charge in [-0.25, -0.2) is 0 Å². The monoisotopic (exact) mass is 338 g/mol. The molecule has 126 valence electrons. The number of rotatable bonds is 5. The van der Waals surface area contributed by atoms with Crippen molar-refractivity contribution >= 4 is 12.4 Å². The second kappa shape index (κ2) is 7.29. The molecule has 0 saturated carbocycles. The summed E-state index contributed by atoms with van der Waals surface area (Å²) in [5, 5.41) is 4.08. The van der Waals surface area contributed by atoms with Gasteiger partial charge in [-0.2, -0.15) is 4.98 Å². The molecule has 0 radical (unpaired) electrons. The average molecular weight is 339 g/mol. The van der Waals surface area contributed by atoms with Crippen molar-refractivity contribution in [2.24, 2.45) is 11.1 Å². The summed E-state index contributed by atoms with van der Waals surface area (Å²) in [6, 6.07) is 7.59. The summed E-state index contributed by atoms with van der Waals surface area (Å²) < 4.78 is 10.5. The van der Waals surface area contributed by atoms with Gasteiger partial charge in [0.15, 0.2) is 5.82 Å². The van der Waals surface area contributed by atoms with Crippen molar-refractivity contribution in [3.05, 3.63) is 30.1 Å². The zero-order chi connectivity index (χ0) is 15.6. The molecule has 1 unspecified atom stereocenters. The Hall–Kier alpha value is -1.63. The van der Waals surface area contributed by atoms with Crippen molar-refractivity contribution in [1.29, 1.82) is 0 Å². The highest BCUT2D eigenvalue weighted by Crippen LogP contribution is 2.29. The second-order valence-corrected chi connectivity index (χ2v) is 6.22. The highest BCUT2D eigenvalue weighted by Gasteiger charge is 2.32. The lowest BCUT2D eigenvalue weighted by Crippen LogP contribution is -2.31. The van der Waals surface area contributed by atoms with Crippen LogP contribution in [0.2, 0.25) is 0 Å². The summed E-state index contributed by atoms with van der Waals surface area (Å²) in [6.07, 6.45) is 1.12. The molecular weight excluding hydrogens is 316 g/mol. The maximum Gasteiger partial charge on any atom is 0.257 e. The topological polar surface area (TPSA) is 77.4 Å². The number of nitrogens with two attached hydrogens (primary N) is 1. The summed E-state index contributed by atoms with van der Waals surface area (Å²) in [6.45, 7) is 5.66. The molecule has 3 rings (SSSR count). The Morgan fingerprint density at radius 2 is 2.09 bits per heavy atom. The van der Waals surface area contributed by atoms with E-state index in [0.29, 0.717) is 24.8 Å². The van der Waals surface area contributed by atoms with Gasteiger partial charge in [0.2, 0.25) is 0 Å². The van der Waals surface area contributed by atoms with Crippen LogP contribution in [0, 0.1) is 5.41 Å². The lowest BCUT2D eigenvalue weighted by molar-refractivity contribution is 0.265. The highest BCUT2D eigenvalue weighted by molar-refractivity contribution is 5.85. The fourth-order valence-corrected chi connectivity index (χ4v) is 2.80. The van der Waals surface area contributed by atoms with Crippen molar-refractivity contribution in [3.63, 3.8) is 0 Å². The summed E-state index contributed by atoms with van der Waals surface area (Å²) in [5.41, 5.74) is 6.95. The Balaban J connectivity index is 0.00000192. The van der Waals surface area contributed by atoms with E-state index in [9.17, 15) is 0 Å². The summed E-state index contributed by atoms with van der Waals surface area (Å²) in [4.78, 5) is 6.81.